The van der Waals surface area contributed by atoms with Crippen LogP contribution in [0.2, 0.25) is 0 Å². The zero-order chi connectivity index (χ0) is 14.5. The molecule has 0 fully saturated rings. The molecule has 8 heteroatoms. The summed E-state index contributed by atoms with van der Waals surface area (Å²) in [6.07, 6.45) is 0.126. The third-order valence-electron chi connectivity index (χ3n) is 2.23. The number of ether oxygens (including phenoxy) is 1. The number of amides is 1. The number of carbonyl (C=O) groups excluding carboxylic acids is 2. The highest BCUT2D eigenvalue weighted by molar-refractivity contribution is 7.89. The van der Waals surface area contributed by atoms with E-state index < -0.39 is 21.9 Å². The molecule has 0 aliphatic carbocycles. The highest BCUT2D eigenvalue weighted by atomic mass is 32.2. The van der Waals surface area contributed by atoms with Gasteiger partial charge in [-0.1, -0.05) is 19.1 Å². The molecule has 0 spiro atoms. The SMILES string of the molecule is CCC(=O)NNS(=O)(=O)c1ccccc1C(=O)OC. The summed E-state index contributed by atoms with van der Waals surface area (Å²) in [5.41, 5.74) is 1.92. The Bertz CT molecular complexity index is 583. The first-order valence-electron chi connectivity index (χ1n) is 5.40. The maximum Gasteiger partial charge on any atom is 0.339 e. The van der Waals surface area contributed by atoms with Crippen LogP contribution in [0, 0.1) is 0 Å². The van der Waals surface area contributed by atoms with Crippen molar-refractivity contribution in [3.05, 3.63) is 29.8 Å². The minimum atomic E-state index is -4.03. The Morgan fingerprint density at radius 1 is 1.26 bits per heavy atom. The molecule has 0 unspecified atom stereocenters. The van der Waals surface area contributed by atoms with Gasteiger partial charge in [-0.2, -0.15) is 0 Å². The lowest BCUT2D eigenvalue weighted by Gasteiger charge is -2.10. The summed E-state index contributed by atoms with van der Waals surface area (Å²) in [5, 5.41) is 0. The number of benzene rings is 1. The van der Waals surface area contributed by atoms with E-state index >= 15 is 0 Å². The number of rotatable bonds is 5. The van der Waals surface area contributed by atoms with Crippen LogP contribution in [-0.2, 0) is 19.6 Å². The molecule has 0 atom stereocenters. The second kappa shape index (κ2) is 6.30. The summed E-state index contributed by atoms with van der Waals surface area (Å²) >= 11 is 0. The normalized spacial score (nSPS) is 10.8. The van der Waals surface area contributed by atoms with Gasteiger partial charge in [0.05, 0.1) is 17.6 Å². The molecule has 0 aromatic heterocycles. The summed E-state index contributed by atoms with van der Waals surface area (Å²) < 4.78 is 28.4. The van der Waals surface area contributed by atoms with Crippen LogP contribution < -0.4 is 10.3 Å². The first-order chi connectivity index (χ1) is 8.92. The number of carbonyl (C=O) groups is 2. The van der Waals surface area contributed by atoms with Crippen LogP contribution in [0.5, 0.6) is 0 Å². The van der Waals surface area contributed by atoms with E-state index in [1.807, 2.05) is 10.3 Å². The van der Waals surface area contributed by atoms with Crippen LogP contribution >= 0.6 is 0 Å². The van der Waals surface area contributed by atoms with Crippen molar-refractivity contribution in [3.8, 4) is 0 Å². The smallest absolute Gasteiger partial charge is 0.339 e. The number of hydrogen-bond acceptors (Lipinski definition) is 5. The largest absolute Gasteiger partial charge is 0.465 e. The summed E-state index contributed by atoms with van der Waals surface area (Å²) in [7, 11) is -2.88. The van der Waals surface area contributed by atoms with Gasteiger partial charge in [-0.25, -0.2) is 13.2 Å². The fourth-order valence-corrected chi connectivity index (χ4v) is 2.30. The molecule has 1 rings (SSSR count). The topological polar surface area (TPSA) is 102 Å². The highest BCUT2D eigenvalue weighted by Gasteiger charge is 2.22. The first-order valence-corrected chi connectivity index (χ1v) is 6.88. The Balaban J connectivity index is 3.08. The molecule has 1 aromatic carbocycles. The van der Waals surface area contributed by atoms with E-state index in [2.05, 4.69) is 4.74 Å². The molecule has 1 amide bonds. The van der Waals surface area contributed by atoms with Crippen LogP contribution in [0.25, 0.3) is 0 Å². The zero-order valence-electron chi connectivity index (χ0n) is 10.5. The monoisotopic (exact) mass is 286 g/mol. The fourth-order valence-electron chi connectivity index (χ4n) is 1.25. The quantitative estimate of drug-likeness (QED) is 0.594. The van der Waals surface area contributed by atoms with Crippen molar-refractivity contribution >= 4 is 21.9 Å². The molecule has 0 saturated heterocycles. The molecule has 0 bridgehead atoms. The van der Waals surface area contributed by atoms with Gasteiger partial charge < -0.3 is 4.74 Å². The lowest BCUT2D eigenvalue weighted by molar-refractivity contribution is -0.121. The summed E-state index contributed by atoms with van der Waals surface area (Å²) in [4.78, 5) is 24.2. The minimum Gasteiger partial charge on any atom is -0.465 e. The fraction of sp³-hybridized carbons (Fsp3) is 0.273. The highest BCUT2D eigenvalue weighted by Crippen LogP contribution is 2.15. The number of sulfonamides is 1. The Labute approximate surface area is 111 Å². The first kappa shape index (κ1) is 15.1. The molecule has 0 radical (unpaired) electrons. The van der Waals surface area contributed by atoms with Crippen LogP contribution in [0.3, 0.4) is 0 Å². The van der Waals surface area contributed by atoms with E-state index in [9.17, 15) is 18.0 Å². The van der Waals surface area contributed by atoms with Crippen LogP contribution in [0.4, 0.5) is 0 Å². The second-order valence-corrected chi connectivity index (χ2v) is 5.15. The number of methoxy groups -OCH3 is 1. The number of nitrogens with one attached hydrogen (secondary N) is 2. The van der Waals surface area contributed by atoms with Gasteiger partial charge in [-0.15, -0.1) is 4.83 Å². The van der Waals surface area contributed by atoms with Gasteiger partial charge in [0.2, 0.25) is 5.91 Å². The van der Waals surface area contributed by atoms with Crippen LogP contribution in [-0.4, -0.2) is 27.4 Å². The zero-order valence-corrected chi connectivity index (χ0v) is 11.3. The molecular formula is C11H14N2O5S. The standard InChI is InChI=1S/C11H14N2O5S/c1-3-10(14)12-13-19(16,17)9-7-5-4-6-8(9)11(15)18-2/h4-7,13H,3H2,1-2H3,(H,12,14). The lowest BCUT2D eigenvalue weighted by Crippen LogP contribution is -2.41. The molecule has 0 heterocycles. The van der Waals surface area contributed by atoms with Crippen molar-refractivity contribution in [3.63, 3.8) is 0 Å². The van der Waals surface area contributed by atoms with E-state index in [4.69, 9.17) is 0 Å². The third-order valence-corrected chi connectivity index (χ3v) is 3.53. The molecule has 1 aromatic rings. The van der Waals surface area contributed by atoms with E-state index in [-0.39, 0.29) is 16.9 Å². The average molecular weight is 286 g/mol. The van der Waals surface area contributed by atoms with E-state index in [0.717, 1.165) is 7.11 Å². The summed E-state index contributed by atoms with van der Waals surface area (Å²) in [6, 6.07) is 5.53. The summed E-state index contributed by atoms with van der Waals surface area (Å²) in [6.45, 7) is 1.58. The number of esters is 1. The molecule has 19 heavy (non-hydrogen) atoms. The maximum atomic E-state index is 12.0. The van der Waals surface area contributed by atoms with Crippen molar-refractivity contribution in [2.24, 2.45) is 0 Å². The summed E-state index contributed by atoms with van der Waals surface area (Å²) in [5.74, 6) is -1.26. The van der Waals surface area contributed by atoms with Gasteiger partial charge in [-0.05, 0) is 12.1 Å². The Morgan fingerprint density at radius 3 is 2.47 bits per heavy atom. The van der Waals surface area contributed by atoms with E-state index in [0.29, 0.717) is 0 Å². The Morgan fingerprint density at radius 2 is 1.89 bits per heavy atom. The predicted molar refractivity (Wildman–Crippen MR) is 66.5 cm³/mol. The predicted octanol–water partition coefficient (Wildman–Crippen LogP) is 0.193. The molecule has 0 saturated carbocycles. The third kappa shape index (κ3) is 3.76. The van der Waals surface area contributed by atoms with Gasteiger partial charge in [-0.3, -0.25) is 10.2 Å². The Kier molecular flexibility index (Phi) is 5.02. The molecule has 104 valence electrons. The second-order valence-electron chi connectivity index (χ2n) is 3.49. The van der Waals surface area contributed by atoms with Crippen molar-refractivity contribution in [1.29, 1.82) is 0 Å². The molecule has 0 aliphatic heterocycles. The number of hydrogen-bond donors (Lipinski definition) is 2. The molecule has 0 aliphatic rings. The molecule has 2 N–H and O–H groups in total. The van der Waals surface area contributed by atoms with Gasteiger partial charge >= 0.3 is 5.97 Å². The van der Waals surface area contributed by atoms with Gasteiger partial charge in [0.1, 0.15) is 0 Å². The molecular weight excluding hydrogens is 272 g/mol. The number of hydrazine groups is 1. The minimum absolute atomic E-state index is 0.108. The van der Waals surface area contributed by atoms with E-state index in [1.54, 1.807) is 6.92 Å². The van der Waals surface area contributed by atoms with Crippen molar-refractivity contribution in [2.75, 3.05) is 7.11 Å². The van der Waals surface area contributed by atoms with Crippen LogP contribution in [0.15, 0.2) is 29.2 Å². The van der Waals surface area contributed by atoms with Crippen molar-refractivity contribution < 1.29 is 22.7 Å². The van der Waals surface area contributed by atoms with Crippen molar-refractivity contribution in [2.45, 2.75) is 18.2 Å². The Hall–Kier alpha value is -1.93. The van der Waals surface area contributed by atoms with E-state index in [1.165, 1.54) is 24.3 Å². The molecule has 7 nitrogen and oxygen atoms in total. The van der Waals surface area contributed by atoms with Gasteiger partial charge in [0.25, 0.3) is 10.0 Å². The average Bonchev–Trinajstić information content (AvgIpc) is 2.43. The van der Waals surface area contributed by atoms with Gasteiger partial charge in [0, 0.05) is 6.42 Å². The van der Waals surface area contributed by atoms with Crippen molar-refractivity contribution in [1.82, 2.24) is 10.3 Å². The van der Waals surface area contributed by atoms with Crippen LogP contribution in [0.1, 0.15) is 23.7 Å². The maximum absolute atomic E-state index is 12.0. The van der Waals surface area contributed by atoms with Gasteiger partial charge in [0.15, 0.2) is 0 Å². The lowest BCUT2D eigenvalue weighted by atomic mass is 10.2.